The van der Waals surface area contributed by atoms with E-state index in [2.05, 4.69) is 9.47 Å². The molecule has 0 amide bonds. The fourth-order valence-electron chi connectivity index (χ4n) is 0.919. The topological polar surface area (TPSA) is 119 Å². The van der Waals surface area contributed by atoms with Gasteiger partial charge in [0.1, 0.15) is 0 Å². The average Bonchev–Trinajstić information content (AvgIpc) is 2.26. The van der Waals surface area contributed by atoms with Crippen LogP contribution in [0.1, 0.15) is 6.42 Å². The molecule has 15 heavy (non-hydrogen) atoms. The predicted octanol–water partition coefficient (Wildman–Crippen LogP) is -2.23. The Morgan fingerprint density at radius 3 is 2.27 bits per heavy atom. The van der Waals surface area contributed by atoms with E-state index < -0.39 is 36.6 Å². The minimum atomic E-state index is -2.01. The molecule has 0 rings (SSSR count). The first kappa shape index (κ1) is 13.8. The summed E-state index contributed by atoms with van der Waals surface area (Å²) in [6, 6.07) is 0. The third-order valence-corrected chi connectivity index (χ3v) is 2.01. The first-order valence-electron chi connectivity index (χ1n) is 4.15. The Labute approximate surface area is 86.8 Å². The summed E-state index contributed by atoms with van der Waals surface area (Å²) in [5, 5.41) is 18.4. The second kappa shape index (κ2) is 5.64. The number of methoxy groups -OCH3 is 2. The van der Waals surface area contributed by atoms with E-state index in [1.165, 1.54) is 0 Å². The van der Waals surface area contributed by atoms with Gasteiger partial charge in [-0.25, -0.2) is 4.79 Å². The van der Waals surface area contributed by atoms with Gasteiger partial charge < -0.3 is 25.4 Å². The van der Waals surface area contributed by atoms with Crippen molar-refractivity contribution in [3.63, 3.8) is 0 Å². The van der Waals surface area contributed by atoms with Crippen molar-refractivity contribution in [2.75, 3.05) is 20.8 Å². The standard InChI is InChI=1S/C8H15NO6/c1-14-6(12)3-5(11)8(9,4-10)7(13)15-2/h5,10-11H,3-4,9H2,1-2H3/t5-,8+/m0/s1. The summed E-state index contributed by atoms with van der Waals surface area (Å²) < 4.78 is 8.59. The summed E-state index contributed by atoms with van der Waals surface area (Å²) in [6.07, 6.45) is -2.06. The maximum atomic E-state index is 11.2. The monoisotopic (exact) mass is 221 g/mol. The van der Waals surface area contributed by atoms with Crippen molar-refractivity contribution in [2.24, 2.45) is 5.73 Å². The van der Waals surface area contributed by atoms with E-state index in [1.807, 2.05) is 0 Å². The number of carbonyl (C=O) groups is 2. The lowest BCUT2D eigenvalue weighted by Gasteiger charge is -2.28. The van der Waals surface area contributed by atoms with Crippen LogP contribution in [0.15, 0.2) is 0 Å². The van der Waals surface area contributed by atoms with Crippen LogP contribution in [-0.2, 0) is 19.1 Å². The third-order valence-electron chi connectivity index (χ3n) is 2.01. The van der Waals surface area contributed by atoms with Crippen molar-refractivity contribution in [3.05, 3.63) is 0 Å². The molecule has 88 valence electrons. The van der Waals surface area contributed by atoms with Crippen LogP contribution in [0.25, 0.3) is 0 Å². The van der Waals surface area contributed by atoms with E-state index in [0.717, 1.165) is 14.2 Å². The lowest BCUT2D eigenvalue weighted by Crippen LogP contribution is -2.61. The van der Waals surface area contributed by atoms with Gasteiger partial charge in [-0.15, -0.1) is 0 Å². The molecular weight excluding hydrogens is 206 g/mol. The van der Waals surface area contributed by atoms with Crippen molar-refractivity contribution in [1.82, 2.24) is 0 Å². The average molecular weight is 221 g/mol. The molecule has 0 saturated heterocycles. The van der Waals surface area contributed by atoms with E-state index in [-0.39, 0.29) is 0 Å². The zero-order valence-electron chi connectivity index (χ0n) is 8.60. The van der Waals surface area contributed by atoms with Crippen LogP contribution < -0.4 is 5.73 Å². The fourth-order valence-corrected chi connectivity index (χ4v) is 0.919. The van der Waals surface area contributed by atoms with Gasteiger partial charge in [0, 0.05) is 0 Å². The highest BCUT2D eigenvalue weighted by Gasteiger charge is 2.43. The number of aliphatic hydroxyl groups excluding tert-OH is 2. The van der Waals surface area contributed by atoms with Crippen LogP contribution in [0.3, 0.4) is 0 Å². The SMILES string of the molecule is COC(=O)C[C@H](O)[C@](N)(CO)C(=O)OC. The quantitative estimate of drug-likeness (QED) is 0.449. The van der Waals surface area contributed by atoms with E-state index in [9.17, 15) is 14.7 Å². The molecule has 0 radical (unpaired) electrons. The molecule has 0 unspecified atom stereocenters. The molecule has 0 aromatic carbocycles. The number of aliphatic hydroxyl groups is 2. The van der Waals surface area contributed by atoms with Gasteiger partial charge in [0.25, 0.3) is 0 Å². The Kier molecular flexibility index (Phi) is 5.20. The van der Waals surface area contributed by atoms with Crippen molar-refractivity contribution in [2.45, 2.75) is 18.1 Å². The van der Waals surface area contributed by atoms with Crippen LogP contribution in [0.4, 0.5) is 0 Å². The summed E-state index contributed by atoms with van der Waals surface area (Å²) in [6.45, 7) is -0.835. The first-order valence-corrected chi connectivity index (χ1v) is 4.15. The number of hydrogen-bond donors (Lipinski definition) is 3. The molecular formula is C8H15NO6. The zero-order valence-corrected chi connectivity index (χ0v) is 8.60. The van der Waals surface area contributed by atoms with Crippen LogP contribution in [0.2, 0.25) is 0 Å². The van der Waals surface area contributed by atoms with Gasteiger partial charge in [0.2, 0.25) is 0 Å². The lowest BCUT2D eigenvalue weighted by atomic mass is 9.92. The summed E-state index contributed by atoms with van der Waals surface area (Å²) in [7, 11) is 2.19. The Hall–Kier alpha value is -1.18. The lowest BCUT2D eigenvalue weighted by molar-refractivity contribution is -0.156. The van der Waals surface area contributed by atoms with Crippen LogP contribution in [0.5, 0.6) is 0 Å². The Morgan fingerprint density at radius 1 is 1.40 bits per heavy atom. The second-order valence-electron chi connectivity index (χ2n) is 2.99. The fraction of sp³-hybridized carbons (Fsp3) is 0.750. The maximum Gasteiger partial charge on any atom is 0.330 e. The minimum absolute atomic E-state index is 0.497. The highest BCUT2D eigenvalue weighted by Crippen LogP contribution is 2.13. The summed E-state index contributed by atoms with van der Waals surface area (Å²) in [4.78, 5) is 22.0. The second-order valence-corrected chi connectivity index (χ2v) is 2.99. The molecule has 0 aromatic rings. The number of rotatable bonds is 5. The van der Waals surface area contributed by atoms with Crippen LogP contribution in [-0.4, -0.2) is 54.6 Å². The first-order chi connectivity index (χ1) is 6.92. The highest BCUT2D eigenvalue weighted by atomic mass is 16.5. The molecule has 0 heterocycles. The van der Waals surface area contributed by atoms with Gasteiger partial charge in [-0.3, -0.25) is 4.79 Å². The van der Waals surface area contributed by atoms with E-state index in [4.69, 9.17) is 10.8 Å². The number of esters is 2. The minimum Gasteiger partial charge on any atom is -0.469 e. The smallest absolute Gasteiger partial charge is 0.330 e. The number of hydrogen-bond acceptors (Lipinski definition) is 7. The number of carbonyl (C=O) groups excluding carboxylic acids is 2. The molecule has 0 bridgehead atoms. The van der Waals surface area contributed by atoms with E-state index >= 15 is 0 Å². The van der Waals surface area contributed by atoms with E-state index in [1.54, 1.807) is 0 Å². The van der Waals surface area contributed by atoms with Gasteiger partial charge in [0.05, 0.1) is 33.4 Å². The molecule has 0 spiro atoms. The van der Waals surface area contributed by atoms with E-state index in [0.29, 0.717) is 0 Å². The van der Waals surface area contributed by atoms with Crippen molar-refractivity contribution in [1.29, 1.82) is 0 Å². The molecule has 0 aliphatic rings. The maximum absolute atomic E-state index is 11.2. The largest absolute Gasteiger partial charge is 0.469 e. The van der Waals surface area contributed by atoms with Gasteiger partial charge in [-0.1, -0.05) is 0 Å². The van der Waals surface area contributed by atoms with Gasteiger partial charge in [-0.2, -0.15) is 0 Å². The molecule has 7 heteroatoms. The third kappa shape index (κ3) is 3.15. The van der Waals surface area contributed by atoms with Crippen LogP contribution in [0, 0.1) is 0 Å². The van der Waals surface area contributed by atoms with Crippen LogP contribution >= 0.6 is 0 Å². The molecule has 4 N–H and O–H groups in total. The predicted molar refractivity (Wildman–Crippen MR) is 48.7 cm³/mol. The molecule has 0 aromatic heterocycles. The molecule has 0 aliphatic heterocycles. The summed E-state index contributed by atoms with van der Waals surface area (Å²) in [5.41, 5.74) is 3.40. The number of nitrogens with two attached hydrogens (primary N) is 1. The van der Waals surface area contributed by atoms with Crippen molar-refractivity contribution < 1.29 is 29.3 Å². The van der Waals surface area contributed by atoms with Crippen molar-refractivity contribution >= 4 is 11.9 Å². The van der Waals surface area contributed by atoms with Gasteiger partial charge in [-0.05, 0) is 0 Å². The van der Waals surface area contributed by atoms with Gasteiger partial charge >= 0.3 is 11.9 Å². The molecule has 7 nitrogen and oxygen atoms in total. The Morgan fingerprint density at radius 2 is 1.93 bits per heavy atom. The molecule has 0 saturated carbocycles. The Balaban J connectivity index is 4.65. The molecule has 2 atom stereocenters. The van der Waals surface area contributed by atoms with Crippen molar-refractivity contribution in [3.8, 4) is 0 Å². The highest BCUT2D eigenvalue weighted by molar-refractivity contribution is 5.83. The molecule has 0 fully saturated rings. The molecule has 0 aliphatic carbocycles. The van der Waals surface area contributed by atoms with Gasteiger partial charge in [0.15, 0.2) is 5.54 Å². The summed E-state index contributed by atoms with van der Waals surface area (Å²) in [5.74, 6) is -1.74. The normalized spacial score (nSPS) is 16.3. The Bertz CT molecular complexity index is 243. The number of ether oxygens (including phenoxy) is 2. The summed E-state index contributed by atoms with van der Waals surface area (Å²) >= 11 is 0. The zero-order chi connectivity index (χ0) is 12.1.